The molecule has 2 N–H and O–H groups in total. The van der Waals surface area contributed by atoms with Crippen LogP contribution in [0.1, 0.15) is 5.56 Å². The number of rotatable bonds is 3. The molecule has 0 atom stereocenters. The molecule has 0 saturated heterocycles. The first-order valence-corrected chi connectivity index (χ1v) is 7.13. The quantitative estimate of drug-likeness (QED) is 0.887. The van der Waals surface area contributed by atoms with Gasteiger partial charge in [-0.15, -0.1) is 0 Å². The number of hydrogen-bond donors (Lipinski definition) is 2. The van der Waals surface area contributed by atoms with Crippen LogP contribution in [0.2, 0.25) is 0 Å². The summed E-state index contributed by atoms with van der Waals surface area (Å²) < 4.78 is 25.7. The molecule has 2 aromatic rings. The summed E-state index contributed by atoms with van der Waals surface area (Å²) in [4.78, 5) is 19.1. The molecule has 2 rings (SSSR count). The zero-order chi connectivity index (χ0) is 14.6. The number of carbonyl (C=O) groups excluding carboxylic acids is 1. The molecule has 20 heavy (non-hydrogen) atoms. The van der Waals surface area contributed by atoms with Gasteiger partial charge in [-0.05, 0) is 25.1 Å². The lowest BCUT2D eigenvalue weighted by Crippen LogP contribution is -2.34. The van der Waals surface area contributed by atoms with Gasteiger partial charge in [0, 0.05) is 12.4 Å². The Bertz CT molecular complexity index is 699. The highest BCUT2D eigenvalue weighted by atomic mass is 32.2. The van der Waals surface area contributed by atoms with Crippen LogP contribution in [0.5, 0.6) is 0 Å². The van der Waals surface area contributed by atoms with Gasteiger partial charge in [-0.2, -0.15) is 0 Å². The highest BCUT2D eigenvalue weighted by Gasteiger charge is 2.17. The van der Waals surface area contributed by atoms with Gasteiger partial charge in [0.15, 0.2) is 0 Å². The highest BCUT2D eigenvalue weighted by molar-refractivity contribution is 7.90. The lowest BCUT2D eigenvalue weighted by atomic mass is 10.2. The lowest BCUT2D eigenvalue weighted by Gasteiger charge is -2.07. The lowest BCUT2D eigenvalue weighted by molar-refractivity contribution is 0.256. The summed E-state index contributed by atoms with van der Waals surface area (Å²) in [6.45, 7) is 1.84. The van der Waals surface area contributed by atoms with E-state index in [4.69, 9.17) is 0 Å². The van der Waals surface area contributed by atoms with Gasteiger partial charge in [0.25, 0.3) is 10.0 Å². The minimum atomic E-state index is -3.91. The van der Waals surface area contributed by atoms with Gasteiger partial charge in [0.05, 0.1) is 4.90 Å². The predicted molar refractivity (Wildman–Crippen MR) is 72.6 cm³/mol. The molecule has 1 heterocycles. The molecule has 0 aliphatic rings. The largest absolute Gasteiger partial charge is 0.335 e. The van der Waals surface area contributed by atoms with Gasteiger partial charge in [0.2, 0.25) is 5.95 Å². The second-order valence-electron chi connectivity index (χ2n) is 3.95. The van der Waals surface area contributed by atoms with Crippen LogP contribution >= 0.6 is 0 Å². The van der Waals surface area contributed by atoms with Crippen LogP contribution in [0, 0.1) is 6.92 Å². The van der Waals surface area contributed by atoms with Crippen LogP contribution in [0.4, 0.5) is 10.7 Å². The molecular formula is C12H12N4O3S. The molecule has 2 amide bonds. The number of sulfonamides is 1. The van der Waals surface area contributed by atoms with E-state index >= 15 is 0 Å². The third-order valence-corrected chi connectivity index (χ3v) is 3.70. The van der Waals surface area contributed by atoms with Crippen molar-refractivity contribution in [1.29, 1.82) is 0 Å². The Hall–Kier alpha value is -2.48. The number of aryl methyl sites for hydroxylation is 1. The Morgan fingerprint density at radius 1 is 1.10 bits per heavy atom. The standard InChI is InChI=1S/C12H12N4O3S/c1-9-3-5-10(6-4-9)20(18,19)16-12(17)15-11-13-7-2-8-14-11/h2-8H,1H3,(H2,13,14,15,16,17). The number of anilines is 1. The monoisotopic (exact) mass is 292 g/mol. The van der Waals surface area contributed by atoms with Gasteiger partial charge < -0.3 is 0 Å². The van der Waals surface area contributed by atoms with E-state index in [1.165, 1.54) is 24.5 Å². The second kappa shape index (κ2) is 5.66. The third-order valence-electron chi connectivity index (χ3n) is 2.35. The fraction of sp³-hybridized carbons (Fsp3) is 0.0833. The summed E-state index contributed by atoms with van der Waals surface area (Å²) in [5.74, 6) is 0.0177. The van der Waals surface area contributed by atoms with E-state index in [2.05, 4.69) is 15.3 Å². The smallest absolute Gasteiger partial charge is 0.275 e. The summed E-state index contributed by atoms with van der Waals surface area (Å²) in [6.07, 6.45) is 2.86. The van der Waals surface area contributed by atoms with Gasteiger partial charge in [-0.25, -0.2) is 27.9 Å². The van der Waals surface area contributed by atoms with E-state index in [-0.39, 0.29) is 10.8 Å². The fourth-order valence-electron chi connectivity index (χ4n) is 1.39. The molecule has 1 aromatic carbocycles. The maximum atomic E-state index is 11.9. The van der Waals surface area contributed by atoms with Crippen molar-refractivity contribution in [1.82, 2.24) is 14.7 Å². The molecule has 8 heteroatoms. The molecule has 0 fully saturated rings. The van der Waals surface area contributed by atoms with Crippen molar-refractivity contribution in [3.63, 3.8) is 0 Å². The van der Waals surface area contributed by atoms with Crippen LogP contribution in [0.25, 0.3) is 0 Å². The number of nitrogens with zero attached hydrogens (tertiary/aromatic N) is 2. The molecule has 0 aliphatic carbocycles. The molecule has 104 valence electrons. The van der Waals surface area contributed by atoms with Gasteiger partial charge in [-0.3, -0.25) is 5.32 Å². The first-order chi connectivity index (χ1) is 9.47. The van der Waals surface area contributed by atoms with E-state index in [1.807, 2.05) is 11.6 Å². The molecule has 1 aromatic heterocycles. The number of nitrogens with one attached hydrogen (secondary N) is 2. The number of hydrogen-bond acceptors (Lipinski definition) is 5. The fourth-order valence-corrected chi connectivity index (χ4v) is 2.30. The Morgan fingerprint density at radius 2 is 1.70 bits per heavy atom. The van der Waals surface area contributed by atoms with Crippen molar-refractivity contribution < 1.29 is 13.2 Å². The molecular weight excluding hydrogens is 280 g/mol. The van der Waals surface area contributed by atoms with Crippen molar-refractivity contribution in [3.05, 3.63) is 48.3 Å². The van der Waals surface area contributed by atoms with E-state index in [0.29, 0.717) is 0 Å². The number of benzene rings is 1. The third kappa shape index (κ3) is 3.51. The van der Waals surface area contributed by atoms with Gasteiger partial charge >= 0.3 is 6.03 Å². The Morgan fingerprint density at radius 3 is 2.30 bits per heavy atom. The van der Waals surface area contributed by atoms with Crippen LogP contribution in [0.3, 0.4) is 0 Å². The van der Waals surface area contributed by atoms with Crippen LogP contribution < -0.4 is 10.0 Å². The number of aromatic nitrogens is 2. The number of carbonyl (C=O) groups is 1. The SMILES string of the molecule is Cc1ccc(S(=O)(=O)NC(=O)Nc2ncccn2)cc1. The van der Waals surface area contributed by atoms with Crippen molar-refractivity contribution in [3.8, 4) is 0 Å². The van der Waals surface area contributed by atoms with E-state index in [1.54, 1.807) is 18.2 Å². The minimum absolute atomic E-state index is 0.00669. The minimum Gasteiger partial charge on any atom is -0.275 e. The van der Waals surface area contributed by atoms with Crippen molar-refractivity contribution in [2.24, 2.45) is 0 Å². The summed E-state index contributed by atoms with van der Waals surface area (Å²) in [7, 11) is -3.91. The number of amides is 2. The molecule has 0 unspecified atom stereocenters. The predicted octanol–water partition coefficient (Wildman–Crippen LogP) is 1.30. The molecule has 0 aliphatic heterocycles. The zero-order valence-electron chi connectivity index (χ0n) is 10.6. The highest BCUT2D eigenvalue weighted by Crippen LogP contribution is 2.09. The van der Waals surface area contributed by atoms with Gasteiger partial charge in [0.1, 0.15) is 0 Å². The van der Waals surface area contributed by atoms with E-state index in [9.17, 15) is 13.2 Å². The van der Waals surface area contributed by atoms with E-state index in [0.717, 1.165) is 5.56 Å². The van der Waals surface area contributed by atoms with Crippen LogP contribution in [-0.4, -0.2) is 24.4 Å². The van der Waals surface area contributed by atoms with Gasteiger partial charge in [-0.1, -0.05) is 17.7 Å². The summed E-state index contributed by atoms with van der Waals surface area (Å²) in [5, 5.41) is 2.23. The molecule has 0 saturated carbocycles. The molecule has 0 radical (unpaired) electrons. The van der Waals surface area contributed by atoms with Crippen molar-refractivity contribution >= 4 is 22.0 Å². The molecule has 0 spiro atoms. The van der Waals surface area contributed by atoms with Crippen LogP contribution in [0.15, 0.2) is 47.6 Å². The Labute approximate surface area is 116 Å². The summed E-state index contributed by atoms with van der Waals surface area (Å²) in [6, 6.07) is 6.79. The topological polar surface area (TPSA) is 101 Å². The van der Waals surface area contributed by atoms with Crippen molar-refractivity contribution in [2.45, 2.75) is 11.8 Å². The first-order valence-electron chi connectivity index (χ1n) is 5.65. The van der Waals surface area contributed by atoms with Crippen molar-refractivity contribution in [2.75, 3.05) is 5.32 Å². The summed E-state index contributed by atoms with van der Waals surface area (Å²) in [5.41, 5.74) is 0.922. The second-order valence-corrected chi connectivity index (χ2v) is 5.63. The first kappa shape index (κ1) is 13.9. The van der Waals surface area contributed by atoms with Crippen LogP contribution in [-0.2, 0) is 10.0 Å². The summed E-state index contributed by atoms with van der Waals surface area (Å²) >= 11 is 0. The maximum absolute atomic E-state index is 11.9. The molecule has 7 nitrogen and oxygen atoms in total. The van der Waals surface area contributed by atoms with E-state index < -0.39 is 16.1 Å². The average Bonchev–Trinajstić information content (AvgIpc) is 2.39. The molecule has 0 bridgehead atoms. The number of urea groups is 1. The maximum Gasteiger partial charge on any atom is 0.335 e. The normalized spacial score (nSPS) is 10.8. The Kier molecular flexibility index (Phi) is 3.94. The zero-order valence-corrected chi connectivity index (χ0v) is 11.4. The Balaban J connectivity index is 2.08. The average molecular weight is 292 g/mol.